The molecule has 0 spiro atoms. The van der Waals surface area contributed by atoms with E-state index in [1.54, 1.807) is 36.4 Å². The van der Waals surface area contributed by atoms with E-state index < -0.39 is 54.1 Å². The summed E-state index contributed by atoms with van der Waals surface area (Å²) in [5.41, 5.74) is 3.23. The minimum absolute atomic E-state index is 0.00761. The number of hydrogen-bond donors (Lipinski definition) is 6. The number of alkyl halides is 6. The predicted molar refractivity (Wildman–Crippen MR) is 269 cm³/mol. The number of halogens is 10. The number of benzene rings is 6. The molecule has 6 aromatic rings. The standard InChI is InChI=1S/C26H23ClF4N2O5.C17H17ClFNO5.C9H8F3NO/c1-36-19-11-17(12-20(13-19)37-9-8-34)32-24(21-5-3-16(27)10-22(21)28)25(35)33-7-6-15-2-4-18(14-23(15)33)38-26(29,30)31;1-24-12-7-11(8-13(9-12)25-5-4-21)20-16(17(22)23)14-3-2-10(18)6-15(14)19;10-9(11,12)14-7-2-1-6-3-4-13-8(6)5-7/h2-5,10-14,24,32,34H,6-9H2,1H3;2-3,6-9,16,20-21H,4-5H2,1H3,(H,22,23);1-2,5,13H,3-4H2. The van der Waals surface area contributed by atoms with Crippen molar-refractivity contribution in [1.29, 1.82) is 0 Å². The Morgan fingerprint density at radius 1 is 0.623 bits per heavy atom. The van der Waals surface area contributed by atoms with Crippen LogP contribution in [-0.4, -0.2) is 93.7 Å². The summed E-state index contributed by atoms with van der Waals surface area (Å²) < 4.78 is 132. The molecule has 25 heteroatoms. The molecule has 8 rings (SSSR count). The Labute approximate surface area is 444 Å². The molecule has 6 N–H and O–H groups in total. The van der Waals surface area contributed by atoms with Gasteiger partial charge in [-0.3, -0.25) is 4.79 Å². The molecule has 2 unspecified atom stereocenters. The highest BCUT2D eigenvalue weighted by Gasteiger charge is 2.36. The third kappa shape index (κ3) is 16.9. The summed E-state index contributed by atoms with van der Waals surface area (Å²) in [6.07, 6.45) is -8.28. The number of carboxylic acid groups (broad SMARTS) is 1. The molecule has 77 heavy (non-hydrogen) atoms. The zero-order valence-electron chi connectivity index (χ0n) is 40.5. The van der Waals surface area contributed by atoms with Gasteiger partial charge in [0.15, 0.2) is 6.04 Å². The van der Waals surface area contributed by atoms with Gasteiger partial charge in [0.05, 0.1) is 33.1 Å². The molecule has 0 aromatic heterocycles. The summed E-state index contributed by atoms with van der Waals surface area (Å²) in [5.74, 6) is -2.53. The number of aliphatic hydroxyl groups is 2. The number of nitrogens with one attached hydrogen (secondary N) is 3. The Kier molecular flexibility index (Phi) is 20.1. The van der Waals surface area contributed by atoms with Gasteiger partial charge in [-0.1, -0.05) is 47.5 Å². The number of aliphatic hydroxyl groups excluding tert-OH is 2. The van der Waals surface area contributed by atoms with Gasteiger partial charge >= 0.3 is 18.7 Å². The van der Waals surface area contributed by atoms with Gasteiger partial charge in [0.25, 0.3) is 5.91 Å². The van der Waals surface area contributed by atoms with Gasteiger partial charge in [0.2, 0.25) is 0 Å². The van der Waals surface area contributed by atoms with Crippen molar-refractivity contribution in [3.05, 3.63) is 153 Å². The molecule has 6 aromatic carbocycles. The quantitative estimate of drug-likeness (QED) is 0.0446. The Morgan fingerprint density at radius 2 is 1.10 bits per heavy atom. The topological polar surface area (TPSA) is 190 Å². The first kappa shape index (κ1) is 58.7. The van der Waals surface area contributed by atoms with Crippen LogP contribution in [0.2, 0.25) is 10.0 Å². The van der Waals surface area contributed by atoms with Crippen molar-refractivity contribution in [3.63, 3.8) is 0 Å². The second kappa shape index (κ2) is 26.4. The van der Waals surface area contributed by atoms with Crippen LogP contribution in [0.1, 0.15) is 34.3 Å². The molecular formula is C52H48Cl2F8N4O11. The number of fused-ring (bicyclic) bond motifs is 2. The number of carbonyl (C=O) groups excluding carboxylic acids is 1. The van der Waals surface area contributed by atoms with Crippen LogP contribution in [0.15, 0.2) is 109 Å². The maximum atomic E-state index is 15.1. The number of nitrogens with zero attached hydrogens (tertiary/aromatic N) is 1. The lowest BCUT2D eigenvalue weighted by molar-refractivity contribution is -0.275. The molecule has 2 atom stereocenters. The average molecular weight is 1130 g/mol. The van der Waals surface area contributed by atoms with Crippen LogP contribution >= 0.6 is 23.2 Å². The number of anilines is 4. The molecule has 2 aliphatic rings. The maximum Gasteiger partial charge on any atom is 0.573 e. The molecule has 1 amide bonds. The molecule has 412 valence electrons. The third-order valence-corrected chi connectivity index (χ3v) is 11.6. The average Bonchev–Trinajstić information content (AvgIpc) is 4.03. The summed E-state index contributed by atoms with van der Waals surface area (Å²) in [5, 5.41) is 36.4. The largest absolute Gasteiger partial charge is 0.573 e. The summed E-state index contributed by atoms with van der Waals surface area (Å²) in [6.45, 7) is 0.610. The number of ether oxygens (including phenoxy) is 6. The summed E-state index contributed by atoms with van der Waals surface area (Å²) in [6, 6.07) is 22.4. The van der Waals surface area contributed by atoms with E-state index in [1.165, 1.54) is 73.7 Å². The van der Waals surface area contributed by atoms with Gasteiger partial charge in [0, 0.05) is 99.9 Å². The fourth-order valence-corrected chi connectivity index (χ4v) is 8.11. The van der Waals surface area contributed by atoms with Crippen molar-refractivity contribution in [3.8, 4) is 34.5 Å². The van der Waals surface area contributed by atoms with E-state index in [1.807, 2.05) is 0 Å². The van der Waals surface area contributed by atoms with E-state index in [0.29, 0.717) is 46.4 Å². The van der Waals surface area contributed by atoms with E-state index in [0.717, 1.165) is 42.4 Å². The van der Waals surface area contributed by atoms with Gasteiger partial charge in [-0.2, -0.15) is 0 Å². The molecule has 2 heterocycles. The Balaban J connectivity index is 0.000000210. The van der Waals surface area contributed by atoms with Crippen molar-refractivity contribution in [2.24, 2.45) is 0 Å². The van der Waals surface area contributed by atoms with Gasteiger partial charge in [0.1, 0.15) is 65.4 Å². The molecular weight excluding hydrogens is 1080 g/mol. The lowest BCUT2D eigenvalue weighted by Crippen LogP contribution is -2.37. The smallest absolute Gasteiger partial charge is 0.497 e. The Hall–Kier alpha value is -7.60. The summed E-state index contributed by atoms with van der Waals surface area (Å²) in [4.78, 5) is 26.7. The molecule has 0 radical (unpaired) electrons. The highest BCUT2D eigenvalue weighted by molar-refractivity contribution is 6.30. The van der Waals surface area contributed by atoms with Gasteiger partial charge in [-0.25, -0.2) is 13.6 Å². The van der Waals surface area contributed by atoms with Crippen LogP contribution in [0.4, 0.5) is 57.9 Å². The number of hydrogen-bond acceptors (Lipinski definition) is 13. The van der Waals surface area contributed by atoms with Gasteiger partial charge < -0.3 is 64.6 Å². The van der Waals surface area contributed by atoms with Gasteiger partial charge in [-0.15, -0.1) is 26.3 Å². The first-order chi connectivity index (χ1) is 36.6. The molecule has 0 fully saturated rings. The normalized spacial score (nSPS) is 13.2. The molecule has 0 aliphatic carbocycles. The van der Waals surface area contributed by atoms with Crippen LogP contribution in [0.25, 0.3) is 0 Å². The van der Waals surface area contributed by atoms with Crippen LogP contribution in [0, 0.1) is 11.6 Å². The number of amides is 1. The van der Waals surface area contributed by atoms with Crippen LogP contribution in [0.5, 0.6) is 34.5 Å². The lowest BCUT2D eigenvalue weighted by Gasteiger charge is -2.27. The fourth-order valence-electron chi connectivity index (χ4n) is 7.80. The number of methoxy groups -OCH3 is 2. The van der Waals surface area contributed by atoms with E-state index in [9.17, 15) is 45.4 Å². The van der Waals surface area contributed by atoms with Crippen molar-refractivity contribution in [2.45, 2.75) is 37.7 Å². The summed E-state index contributed by atoms with van der Waals surface area (Å²) >= 11 is 11.6. The first-order valence-electron chi connectivity index (χ1n) is 22.9. The number of carbonyl (C=O) groups is 2. The highest BCUT2D eigenvalue weighted by atomic mass is 35.5. The fraction of sp³-hybridized carbons (Fsp3) is 0.269. The minimum Gasteiger partial charge on any atom is -0.497 e. The maximum absolute atomic E-state index is 15.1. The molecule has 15 nitrogen and oxygen atoms in total. The van der Waals surface area contributed by atoms with Crippen molar-refractivity contribution < 1.29 is 88.5 Å². The highest BCUT2D eigenvalue weighted by Crippen LogP contribution is 2.38. The SMILES string of the molecule is COc1cc(NC(C(=O)N2CCc3ccc(OC(F)(F)F)cc32)c2ccc(Cl)cc2F)cc(OCCO)c1.COc1cc(NC(C(=O)O)c2ccc(Cl)cc2F)cc(OCCO)c1.FC(F)(F)Oc1ccc2c(c1)NCC2. The van der Waals surface area contributed by atoms with Crippen LogP contribution in [-0.2, 0) is 22.4 Å². The molecule has 2 aliphatic heterocycles. The number of rotatable bonds is 18. The van der Waals surface area contributed by atoms with Crippen LogP contribution in [0.3, 0.4) is 0 Å². The second-order valence-electron chi connectivity index (χ2n) is 16.4. The van der Waals surface area contributed by atoms with Crippen LogP contribution < -0.4 is 49.3 Å². The van der Waals surface area contributed by atoms with E-state index in [2.05, 4.69) is 25.4 Å². The van der Waals surface area contributed by atoms with E-state index in [4.69, 9.17) is 52.4 Å². The Morgan fingerprint density at radius 3 is 1.58 bits per heavy atom. The van der Waals surface area contributed by atoms with E-state index in [-0.39, 0.29) is 65.6 Å². The zero-order valence-corrected chi connectivity index (χ0v) is 42.1. The third-order valence-electron chi connectivity index (χ3n) is 11.1. The van der Waals surface area contributed by atoms with E-state index >= 15 is 4.39 Å². The Bertz CT molecular complexity index is 3010. The van der Waals surface area contributed by atoms with Gasteiger partial charge in [-0.05, 0) is 60.4 Å². The van der Waals surface area contributed by atoms with Crippen molar-refractivity contribution in [2.75, 3.05) is 74.6 Å². The minimum atomic E-state index is -4.90. The first-order valence-corrected chi connectivity index (χ1v) is 23.7. The molecule has 0 saturated carbocycles. The molecule has 0 bridgehead atoms. The number of carboxylic acids is 1. The summed E-state index contributed by atoms with van der Waals surface area (Å²) in [7, 11) is 2.88. The monoisotopic (exact) mass is 1130 g/mol. The lowest BCUT2D eigenvalue weighted by atomic mass is 10.0. The second-order valence-corrected chi connectivity index (χ2v) is 17.3. The zero-order chi connectivity index (χ0) is 56.0. The predicted octanol–water partition coefficient (Wildman–Crippen LogP) is 11.1. The van der Waals surface area contributed by atoms with Crippen molar-refractivity contribution in [1.82, 2.24) is 0 Å². The van der Waals surface area contributed by atoms with Crippen molar-refractivity contribution >= 4 is 57.8 Å². The number of aliphatic carboxylic acids is 1. The molecule has 0 saturated heterocycles.